The van der Waals surface area contributed by atoms with Gasteiger partial charge in [-0.1, -0.05) is 0 Å². The Morgan fingerprint density at radius 3 is 2.45 bits per heavy atom. The number of nitro groups is 1. The number of hydrogen-bond acceptors (Lipinski definition) is 5. The lowest BCUT2D eigenvalue weighted by Crippen LogP contribution is -2.34. The highest BCUT2D eigenvalue weighted by molar-refractivity contribution is 5.77. The summed E-state index contributed by atoms with van der Waals surface area (Å²) >= 11 is 0. The molecular weight excluding hydrogens is 264 g/mol. The summed E-state index contributed by atoms with van der Waals surface area (Å²) < 4.78 is 10.4. The molecule has 0 aliphatic rings. The first-order valence-electron chi connectivity index (χ1n) is 6.26. The lowest BCUT2D eigenvalue weighted by molar-refractivity contribution is -0.384. The summed E-state index contributed by atoms with van der Waals surface area (Å²) in [6.45, 7) is 4.85. The predicted octanol–water partition coefficient (Wildman–Crippen LogP) is 1.85. The second-order valence-electron chi connectivity index (χ2n) is 3.95. The molecule has 0 aromatic heterocycles. The second-order valence-corrected chi connectivity index (χ2v) is 3.95. The lowest BCUT2D eigenvalue weighted by Gasteiger charge is -2.19. The normalized spacial score (nSPS) is 9.95. The van der Waals surface area contributed by atoms with Crippen LogP contribution in [0.3, 0.4) is 0 Å². The van der Waals surface area contributed by atoms with E-state index in [0.29, 0.717) is 18.8 Å². The summed E-state index contributed by atoms with van der Waals surface area (Å²) in [5.74, 6) is 0.389. The Balaban J connectivity index is 2.77. The molecule has 1 aromatic rings. The van der Waals surface area contributed by atoms with E-state index in [1.807, 2.05) is 13.8 Å². The van der Waals surface area contributed by atoms with Gasteiger partial charge in [0.05, 0.1) is 18.1 Å². The molecule has 0 radical (unpaired) electrons. The molecule has 0 aliphatic carbocycles. The molecule has 1 rings (SSSR count). The predicted molar refractivity (Wildman–Crippen MR) is 73.1 cm³/mol. The van der Waals surface area contributed by atoms with E-state index in [4.69, 9.17) is 9.47 Å². The maximum absolute atomic E-state index is 11.8. The molecule has 0 fully saturated rings. The average molecular weight is 282 g/mol. The highest BCUT2D eigenvalue weighted by Crippen LogP contribution is 2.31. The number of benzene rings is 1. The van der Waals surface area contributed by atoms with Gasteiger partial charge in [0.2, 0.25) is 0 Å². The number of nitrogens with zero attached hydrogens (tertiary/aromatic N) is 2. The highest BCUT2D eigenvalue weighted by Gasteiger charge is 2.15. The van der Waals surface area contributed by atoms with Gasteiger partial charge in [0.1, 0.15) is 0 Å². The highest BCUT2D eigenvalue weighted by atomic mass is 16.6. The maximum Gasteiger partial charge on any atom is 0.273 e. The zero-order valence-electron chi connectivity index (χ0n) is 11.8. The average Bonchev–Trinajstić information content (AvgIpc) is 2.45. The first kappa shape index (κ1) is 15.7. The molecule has 0 spiro atoms. The van der Waals surface area contributed by atoms with Gasteiger partial charge in [0.15, 0.2) is 18.1 Å². The van der Waals surface area contributed by atoms with Crippen LogP contribution < -0.4 is 9.47 Å². The van der Waals surface area contributed by atoms with Crippen LogP contribution in [0, 0.1) is 10.1 Å². The number of ether oxygens (including phenoxy) is 2. The van der Waals surface area contributed by atoms with Crippen LogP contribution in [0.15, 0.2) is 18.2 Å². The number of carbonyl (C=O) groups is 1. The fraction of sp³-hybridized carbons (Fsp3) is 0.462. The summed E-state index contributed by atoms with van der Waals surface area (Å²) in [7, 11) is 1.39. The van der Waals surface area contributed by atoms with Gasteiger partial charge in [-0.15, -0.1) is 0 Å². The SMILES string of the molecule is CCN(CC)C(=O)COc1ccc([N+](=O)[O-])cc1OC. The third-order valence-corrected chi connectivity index (χ3v) is 2.83. The number of carbonyl (C=O) groups excluding carboxylic acids is 1. The van der Waals surface area contributed by atoms with Gasteiger partial charge in [-0.3, -0.25) is 14.9 Å². The molecule has 0 saturated carbocycles. The fourth-order valence-corrected chi connectivity index (χ4v) is 1.70. The Labute approximate surface area is 117 Å². The molecule has 0 saturated heterocycles. The van der Waals surface area contributed by atoms with Crippen LogP contribution in [0.25, 0.3) is 0 Å². The maximum atomic E-state index is 11.8. The van der Waals surface area contributed by atoms with Crippen molar-refractivity contribution >= 4 is 11.6 Å². The van der Waals surface area contributed by atoms with Gasteiger partial charge in [-0.2, -0.15) is 0 Å². The van der Waals surface area contributed by atoms with Crippen molar-refractivity contribution in [3.63, 3.8) is 0 Å². The van der Waals surface area contributed by atoms with Crippen molar-refractivity contribution in [3.8, 4) is 11.5 Å². The molecule has 0 heterocycles. The number of likely N-dealkylation sites (N-methyl/N-ethyl adjacent to an activating group) is 1. The minimum Gasteiger partial charge on any atom is -0.493 e. The Bertz CT molecular complexity index is 486. The van der Waals surface area contributed by atoms with Crippen molar-refractivity contribution in [1.82, 2.24) is 4.90 Å². The molecule has 0 N–H and O–H groups in total. The van der Waals surface area contributed by atoms with Gasteiger partial charge in [0.25, 0.3) is 11.6 Å². The van der Waals surface area contributed by atoms with E-state index in [1.54, 1.807) is 4.90 Å². The molecule has 110 valence electrons. The van der Waals surface area contributed by atoms with Gasteiger partial charge in [-0.05, 0) is 19.9 Å². The minimum atomic E-state index is -0.520. The van der Waals surface area contributed by atoms with E-state index in [1.165, 1.54) is 25.3 Å². The van der Waals surface area contributed by atoms with Crippen LogP contribution in [-0.2, 0) is 4.79 Å². The molecule has 7 heteroatoms. The van der Waals surface area contributed by atoms with Gasteiger partial charge < -0.3 is 14.4 Å². The zero-order chi connectivity index (χ0) is 15.1. The number of non-ortho nitro benzene ring substituents is 1. The van der Waals surface area contributed by atoms with E-state index >= 15 is 0 Å². The van der Waals surface area contributed by atoms with Crippen molar-refractivity contribution in [2.45, 2.75) is 13.8 Å². The largest absolute Gasteiger partial charge is 0.493 e. The summed E-state index contributed by atoms with van der Waals surface area (Å²) in [6.07, 6.45) is 0. The number of amides is 1. The lowest BCUT2D eigenvalue weighted by atomic mass is 10.3. The smallest absolute Gasteiger partial charge is 0.273 e. The number of methoxy groups -OCH3 is 1. The Morgan fingerprint density at radius 2 is 1.95 bits per heavy atom. The number of hydrogen-bond donors (Lipinski definition) is 0. The van der Waals surface area contributed by atoms with Crippen LogP contribution in [0.4, 0.5) is 5.69 Å². The molecule has 0 aliphatic heterocycles. The Kier molecular flexibility index (Phi) is 5.76. The molecule has 0 atom stereocenters. The standard InChI is InChI=1S/C13H18N2O5/c1-4-14(5-2)13(16)9-20-11-7-6-10(15(17)18)8-12(11)19-3/h6-8H,4-5,9H2,1-3H3. The molecule has 20 heavy (non-hydrogen) atoms. The summed E-state index contributed by atoms with van der Waals surface area (Å²) in [5.41, 5.74) is -0.0933. The first-order chi connectivity index (χ1) is 9.53. The van der Waals surface area contributed by atoms with Crippen molar-refractivity contribution < 1.29 is 19.2 Å². The minimum absolute atomic E-state index is 0.0933. The van der Waals surface area contributed by atoms with E-state index in [9.17, 15) is 14.9 Å². The quantitative estimate of drug-likeness (QED) is 0.563. The van der Waals surface area contributed by atoms with Crippen molar-refractivity contribution in [2.75, 3.05) is 26.8 Å². The molecule has 0 bridgehead atoms. The van der Waals surface area contributed by atoms with E-state index < -0.39 is 4.92 Å². The van der Waals surface area contributed by atoms with Crippen LogP contribution in [-0.4, -0.2) is 42.5 Å². The molecular formula is C13H18N2O5. The van der Waals surface area contributed by atoms with Crippen LogP contribution in [0.2, 0.25) is 0 Å². The monoisotopic (exact) mass is 282 g/mol. The van der Waals surface area contributed by atoms with E-state index in [2.05, 4.69) is 0 Å². The summed E-state index contributed by atoms with van der Waals surface area (Å²) in [5, 5.41) is 10.7. The molecule has 1 amide bonds. The second kappa shape index (κ2) is 7.32. The molecule has 7 nitrogen and oxygen atoms in total. The zero-order valence-corrected chi connectivity index (χ0v) is 11.8. The van der Waals surface area contributed by atoms with E-state index in [-0.39, 0.29) is 24.0 Å². The van der Waals surface area contributed by atoms with Crippen molar-refractivity contribution in [2.24, 2.45) is 0 Å². The summed E-state index contributed by atoms with van der Waals surface area (Å²) in [4.78, 5) is 23.6. The summed E-state index contributed by atoms with van der Waals surface area (Å²) in [6, 6.07) is 3.99. The van der Waals surface area contributed by atoms with Gasteiger partial charge in [0, 0.05) is 19.2 Å². The number of nitro benzene ring substituents is 1. The Hall–Kier alpha value is -2.31. The Morgan fingerprint density at radius 1 is 1.30 bits per heavy atom. The number of rotatable bonds is 7. The third-order valence-electron chi connectivity index (χ3n) is 2.83. The first-order valence-corrected chi connectivity index (χ1v) is 6.26. The molecule has 0 unspecified atom stereocenters. The fourth-order valence-electron chi connectivity index (χ4n) is 1.70. The van der Waals surface area contributed by atoms with E-state index in [0.717, 1.165) is 0 Å². The van der Waals surface area contributed by atoms with Crippen LogP contribution in [0.5, 0.6) is 11.5 Å². The topological polar surface area (TPSA) is 81.9 Å². The third kappa shape index (κ3) is 3.84. The molecule has 1 aromatic carbocycles. The van der Waals surface area contributed by atoms with Crippen LogP contribution >= 0.6 is 0 Å². The van der Waals surface area contributed by atoms with Crippen LogP contribution in [0.1, 0.15) is 13.8 Å². The van der Waals surface area contributed by atoms with Gasteiger partial charge in [-0.25, -0.2) is 0 Å². The van der Waals surface area contributed by atoms with Crippen molar-refractivity contribution in [3.05, 3.63) is 28.3 Å². The van der Waals surface area contributed by atoms with Crippen molar-refractivity contribution in [1.29, 1.82) is 0 Å². The van der Waals surface area contributed by atoms with Gasteiger partial charge >= 0.3 is 0 Å².